The first-order chi connectivity index (χ1) is 7.38. The molecule has 0 radical (unpaired) electrons. The predicted octanol–water partition coefficient (Wildman–Crippen LogP) is 1.86. The second-order valence-corrected chi connectivity index (χ2v) is 3.61. The third-order valence-electron chi connectivity index (χ3n) is 2.43. The summed E-state index contributed by atoms with van der Waals surface area (Å²) in [6, 6.07) is 9.61. The van der Waals surface area contributed by atoms with Crippen LogP contribution in [-0.2, 0) is 16.1 Å². The SMILES string of the molecule is N#Cc1cccc(COC2CCOC2)c1. The second kappa shape index (κ2) is 4.92. The molecule has 78 valence electrons. The van der Waals surface area contributed by atoms with Crippen molar-refractivity contribution in [3.63, 3.8) is 0 Å². The summed E-state index contributed by atoms with van der Waals surface area (Å²) in [6.07, 6.45) is 1.19. The number of nitriles is 1. The number of nitrogens with zero attached hydrogens (tertiary/aromatic N) is 1. The summed E-state index contributed by atoms with van der Waals surface area (Å²) in [5, 5.41) is 8.73. The molecule has 1 saturated heterocycles. The van der Waals surface area contributed by atoms with Gasteiger partial charge in [-0.2, -0.15) is 5.26 Å². The molecule has 1 heterocycles. The van der Waals surface area contributed by atoms with Crippen molar-refractivity contribution in [3.8, 4) is 6.07 Å². The molecule has 15 heavy (non-hydrogen) atoms. The molecule has 0 spiro atoms. The Labute approximate surface area is 89.2 Å². The quantitative estimate of drug-likeness (QED) is 0.753. The van der Waals surface area contributed by atoms with Gasteiger partial charge in [0.05, 0.1) is 31.0 Å². The maximum atomic E-state index is 8.73. The Morgan fingerprint density at radius 2 is 2.47 bits per heavy atom. The Morgan fingerprint density at radius 3 is 3.20 bits per heavy atom. The predicted molar refractivity (Wildman–Crippen MR) is 55.2 cm³/mol. The second-order valence-electron chi connectivity index (χ2n) is 3.61. The molecule has 1 unspecified atom stereocenters. The van der Waals surface area contributed by atoms with Crippen molar-refractivity contribution in [1.29, 1.82) is 5.26 Å². The van der Waals surface area contributed by atoms with Gasteiger partial charge in [0.15, 0.2) is 0 Å². The lowest BCUT2D eigenvalue weighted by molar-refractivity contribution is 0.0317. The highest BCUT2D eigenvalue weighted by molar-refractivity contribution is 5.32. The van der Waals surface area contributed by atoms with Gasteiger partial charge >= 0.3 is 0 Å². The van der Waals surface area contributed by atoms with Crippen LogP contribution in [0.2, 0.25) is 0 Å². The molecular weight excluding hydrogens is 190 g/mol. The van der Waals surface area contributed by atoms with Crippen LogP contribution in [0.5, 0.6) is 0 Å². The van der Waals surface area contributed by atoms with E-state index >= 15 is 0 Å². The van der Waals surface area contributed by atoms with Crippen LogP contribution >= 0.6 is 0 Å². The summed E-state index contributed by atoms with van der Waals surface area (Å²) in [5.74, 6) is 0. The molecule has 1 aromatic rings. The Kier molecular flexibility index (Phi) is 3.33. The van der Waals surface area contributed by atoms with Crippen molar-refractivity contribution in [2.24, 2.45) is 0 Å². The van der Waals surface area contributed by atoms with E-state index in [0.29, 0.717) is 18.8 Å². The van der Waals surface area contributed by atoms with Crippen LogP contribution in [0.15, 0.2) is 24.3 Å². The van der Waals surface area contributed by atoms with E-state index in [1.807, 2.05) is 18.2 Å². The van der Waals surface area contributed by atoms with Crippen molar-refractivity contribution in [1.82, 2.24) is 0 Å². The molecule has 1 aromatic carbocycles. The maximum Gasteiger partial charge on any atom is 0.0991 e. The van der Waals surface area contributed by atoms with E-state index in [2.05, 4.69) is 6.07 Å². The van der Waals surface area contributed by atoms with Crippen molar-refractivity contribution >= 4 is 0 Å². The highest BCUT2D eigenvalue weighted by atomic mass is 16.5. The van der Waals surface area contributed by atoms with Gasteiger partial charge in [-0.1, -0.05) is 12.1 Å². The lowest BCUT2D eigenvalue weighted by Gasteiger charge is -2.09. The molecule has 0 amide bonds. The van der Waals surface area contributed by atoms with Crippen LogP contribution in [0.3, 0.4) is 0 Å². The zero-order valence-corrected chi connectivity index (χ0v) is 8.48. The normalized spacial score (nSPS) is 20.1. The summed E-state index contributed by atoms with van der Waals surface area (Å²) < 4.78 is 10.9. The monoisotopic (exact) mass is 203 g/mol. The average Bonchev–Trinajstić information content (AvgIpc) is 2.79. The molecule has 2 rings (SSSR count). The van der Waals surface area contributed by atoms with Gasteiger partial charge in [-0.3, -0.25) is 0 Å². The van der Waals surface area contributed by atoms with Crippen LogP contribution in [0.1, 0.15) is 17.5 Å². The summed E-state index contributed by atoms with van der Waals surface area (Å²) in [7, 11) is 0. The summed E-state index contributed by atoms with van der Waals surface area (Å²) in [5.41, 5.74) is 1.72. The van der Waals surface area contributed by atoms with E-state index < -0.39 is 0 Å². The summed E-state index contributed by atoms with van der Waals surface area (Å²) in [6.45, 7) is 2.05. The fourth-order valence-corrected chi connectivity index (χ4v) is 1.59. The first kappa shape index (κ1) is 10.2. The molecule has 0 aliphatic carbocycles. The number of hydrogen-bond acceptors (Lipinski definition) is 3. The highest BCUT2D eigenvalue weighted by Gasteiger charge is 2.15. The Bertz CT molecular complexity index is 364. The zero-order chi connectivity index (χ0) is 10.5. The van der Waals surface area contributed by atoms with E-state index in [9.17, 15) is 0 Å². The largest absolute Gasteiger partial charge is 0.379 e. The van der Waals surface area contributed by atoms with Crippen LogP contribution in [0, 0.1) is 11.3 Å². The smallest absolute Gasteiger partial charge is 0.0991 e. The molecule has 0 bridgehead atoms. The fourth-order valence-electron chi connectivity index (χ4n) is 1.59. The third-order valence-corrected chi connectivity index (χ3v) is 2.43. The minimum Gasteiger partial charge on any atom is -0.379 e. The van der Waals surface area contributed by atoms with Gasteiger partial charge in [-0.25, -0.2) is 0 Å². The summed E-state index contributed by atoms with van der Waals surface area (Å²) >= 11 is 0. The standard InChI is InChI=1S/C12H13NO2/c13-7-10-2-1-3-11(6-10)8-15-12-4-5-14-9-12/h1-3,6,12H,4-5,8-9H2. The summed E-state index contributed by atoms with van der Waals surface area (Å²) in [4.78, 5) is 0. The first-order valence-electron chi connectivity index (χ1n) is 5.07. The fraction of sp³-hybridized carbons (Fsp3) is 0.417. The lowest BCUT2D eigenvalue weighted by atomic mass is 10.1. The molecule has 1 atom stereocenters. The molecule has 3 nitrogen and oxygen atoms in total. The Hall–Kier alpha value is -1.37. The van der Waals surface area contributed by atoms with Crippen LogP contribution in [0.4, 0.5) is 0 Å². The molecule has 1 aliphatic rings. The molecule has 1 aliphatic heterocycles. The Morgan fingerprint density at radius 1 is 1.53 bits per heavy atom. The highest BCUT2D eigenvalue weighted by Crippen LogP contribution is 2.12. The third kappa shape index (κ3) is 2.79. The van der Waals surface area contributed by atoms with Gasteiger partial charge in [-0.05, 0) is 24.1 Å². The van der Waals surface area contributed by atoms with Gasteiger partial charge in [0.25, 0.3) is 0 Å². The van der Waals surface area contributed by atoms with E-state index in [1.54, 1.807) is 6.07 Å². The minimum absolute atomic E-state index is 0.218. The molecule has 0 aromatic heterocycles. The number of hydrogen-bond donors (Lipinski definition) is 0. The zero-order valence-electron chi connectivity index (χ0n) is 8.48. The van der Waals surface area contributed by atoms with Gasteiger partial charge in [-0.15, -0.1) is 0 Å². The van der Waals surface area contributed by atoms with Crippen LogP contribution < -0.4 is 0 Å². The van der Waals surface area contributed by atoms with Gasteiger partial charge in [0, 0.05) is 6.61 Å². The maximum absolute atomic E-state index is 8.73. The molecular formula is C12H13NO2. The molecule has 0 saturated carbocycles. The topological polar surface area (TPSA) is 42.2 Å². The van der Waals surface area contributed by atoms with Crippen LogP contribution in [-0.4, -0.2) is 19.3 Å². The first-order valence-corrected chi connectivity index (χ1v) is 5.07. The van der Waals surface area contributed by atoms with Crippen LogP contribution in [0.25, 0.3) is 0 Å². The Balaban J connectivity index is 1.90. The van der Waals surface area contributed by atoms with Crippen molar-refractivity contribution in [2.75, 3.05) is 13.2 Å². The van der Waals surface area contributed by atoms with E-state index in [1.165, 1.54) is 0 Å². The number of rotatable bonds is 3. The van der Waals surface area contributed by atoms with Gasteiger partial charge in [0.2, 0.25) is 0 Å². The van der Waals surface area contributed by atoms with Crippen molar-refractivity contribution in [3.05, 3.63) is 35.4 Å². The van der Waals surface area contributed by atoms with Gasteiger partial charge in [0.1, 0.15) is 0 Å². The van der Waals surface area contributed by atoms with E-state index in [-0.39, 0.29) is 6.10 Å². The van der Waals surface area contributed by atoms with Crippen molar-refractivity contribution < 1.29 is 9.47 Å². The van der Waals surface area contributed by atoms with Crippen molar-refractivity contribution in [2.45, 2.75) is 19.1 Å². The lowest BCUT2D eigenvalue weighted by Crippen LogP contribution is -2.11. The van der Waals surface area contributed by atoms with E-state index in [0.717, 1.165) is 18.6 Å². The number of benzene rings is 1. The minimum atomic E-state index is 0.218. The molecule has 3 heteroatoms. The average molecular weight is 203 g/mol. The number of ether oxygens (including phenoxy) is 2. The van der Waals surface area contributed by atoms with E-state index in [4.69, 9.17) is 14.7 Å². The molecule has 0 N–H and O–H groups in total. The molecule has 1 fully saturated rings. The van der Waals surface area contributed by atoms with Gasteiger partial charge < -0.3 is 9.47 Å².